The highest BCUT2D eigenvalue weighted by molar-refractivity contribution is 7.89. The third-order valence-corrected chi connectivity index (χ3v) is 5.42. The van der Waals surface area contributed by atoms with Crippen LogP contribution in [0.4, 0.5) is 4.39 Å². The summed E-state index contributed by atoms with van der Waals surface area (Å²) in [6, 6.07) is 2.55. The van der Waals surface area contributed by atoms with Crippen molar-refractivity contribution in [2.75, 3.05) is 13.1 Å². The number of sulfonamides is 1. The van der Waals surface area contributed by atoms with Gasteiger partial charge >= 0.3 is 0 Å². The molecular formula is C16H20FN3O4S. The maximum absolute atomic E-state index is 13.9. The molecule has 2 fully saturated rings. The van der Waals surface area contributed by atoms with Gasteiger partial charge in [-0.25, -0.2) is 17.9 Å². The first-order chi connectivity index (χ1) is 11.8. The van der Waals surface area contributed by atoms with Gasteiger partial charge in [0.25, 0.3) is 5.91 Å². The van der Waals surface area contributed by atoms with E-state index in [4.69, 9.17) is 5.14 Å². The summed E-state index contributed by atoms with van der Waals surface area (Å²) < 4.78 is 36.7. The number of hydrogen-bond acceptors (Lipinski definition) is 4. The number of nitrogens with two attached hydrogens (primary N) is 1. The molecule has 136 valence electrons. The van der Waals surface area contributed by atoms with Gasteiger partial charge in [-0.2, -0.15) is 0 Å². The number of carbonyl (C=O) groups is 2. The Morgan fingerprint density at radius 1 is 1.24 bits per heavy atom. The van der Waals surface area contributed by atoms with Gasteiger partial charge in [0.15, 0.2) is 0 Å². The number of hydrogen-bond donors (Lipinski definition) is 2. The standard InChI is InChI=1S/C16H20FN3O4S/c17-14-6-5-12(25(18,23)24)8-13(14)15(21)19-11-2-1-7-20(9-11)16(22)10-3-4-10/h5-6,8,10-11H,1-4,7,9H2,(H,19,21)(H2,18,23,24)/t11-/m0/s1. The average molecular weight is 369 g/mol. The lowest BCUT2D eigenvalue weighted by Gasteiger charge is -2.33. The van der Waals surface area contributed by atoms with Crippen LogP contribution in [0.25, 0.3) is 0 Å². The van der Waals surface area contributed by atoms with E-state index in [0.29, 0.717) is 19.5 Å². The Morgan fingerprint density at radius 3 is 2.60 bits per heavy atom. The molecule has 1 saturated carbocycles. The zero-order valence-electron chi connectivity index (χ0n) is 13.6. The van der Waals surface area contributed by atoms with Crippen molar-refractivity contribution in [1.29, 1.82) is 0 Å². The second-order valence-corrected chi connectivity index (χ2v) is 8.12. The van der Waals surface area contributed by atoms with Crippen molar-refractivity contribution in [1.82, 2.24) is 10.2 Å². The van der Waals surface area contributed by atoms with E-state index in [2.05, 4.69) is 5.32 Å². The normalized spacial score (nSPS) is 21.0. The fourth-order valence-corrected chi connectivity index (χ4v) is 3.54. The Balaban J connectivity index is 1.70. The fraction of sp³-hybridized carbons (Fsp3) is 0.500. The molecule has 3 rings (SSSR count). The first-order valence-corrected chi connectivity index (χ1v) is 9.72. The van der Waals surface area contributed by atoms with Crippen LogP contribution in [-0.2, 0) is 14.8 Å². The molecule has 0 radical (unpaired) electrons. The number of halogens is 1. The highest BCUT2D eigenvalue weighted by Crippen LogP contribution is 2.32. The molecule has 1 atom stereocenters. The van der Waals surface area contributed by atoms with Gasteiger partial charge in [-0.3, -0.25) is 9.59 Å². The number of carbonyl (C=O) groups excluding carboxylic acids is 2. The minimum atomic E-state index is -4.03. The lowest BCUT2D eigenvalue weighted by Crippen LogP contribution is -2.50. The molecule has 3 N–H and O–H groups in total. The molecule has 25 heavy (non-hydrogen) atoms. The molecule has 1 saturated heterocycles. The molecule has 0 spiro atoms. The van der Waals surface area contributed by atoms with Gasteiger partial charge in [-0.05, 0) is 43.9 Å². The molecule has 2 amide bonds. The van der Waals surface area contributed by atoms with E-state index < -0.39 is 21.7 Å². The topological polar surface area (TPSA) is 110 Å². The Bertz CT molecular complexity index is 808. The minimum Gasteiger partial charge on any atom is -0.347 e. The second-order valence-electron chi connectivity index (χ2n) is 6.56. The van der Waals surface area contributed by atoms with Crippen LogP contribution in [0.3, 0.4) is 0 Å². The van der Waals surface area contributed by atoms with Crippen molar-refractivity contribution >= 4 is 21.8 Å². The lowest BCUT2D eigenvalue weighted by molar-refractivity contribution is -0.133. The van der Waals surface area contributed by atoms with Crippen LogP contribution in [-0.4, -0.2) is 44.3 Å². The van der Waals surface area contributed by atoms with E-state index in [1.807, 2.05) is 0 Å². The van der Waals surface area contributed by atoms with Crippen molar-refractivity contribution in [3.05, 3.63) is 29.6 Å². The molecule has 0 unspecified atom stereocenters. The monoisotopic (exact) mass is 369 g/mol. The summed E-state index contributed by atoms with van der Waals surface area (Å²) in [6.45, 7) is 1.05. The van der Waals surface area contributed by atoms with E-state index in [1.54, 1.807) is 4.90 Å². The van der Waals surface area contributed by atoms with Crippen molar-refractivity contribution in [3.63, 3.8) is 0 Å². The Morgan fingerprint density at radius 2 is 1.96 bits per heavy atom. The molecular weight excluding hydrogens is 349 g/mol. The summed E-state index contributed by atoms with van der Waals surface area (Å²) >= 11 is 0. The molecule has 7 nitrogen and oxygen atoms in total. The summed E-state index contributed by atoms with van der Waals surface area (Å²) in [5, 5.41) is 7.71. The van der Waals surface area contributed by atoms with Crippen molar-refractivity contribution in [3.8, 4) is 0 Å². The highest BCUT2D eigenvalue weighted by atomic mass is 32.2. The van der Waals surface area contributed by atoms with Crippen molar-refractivity contribution in [2.45, 2.75) is 36.6 Å². The highest BCUT2D eigenvalue weighted by Gasteiger charge is 2.35. The van der Waals surface area contributed by atoms with Crippen LogP contribution in [0.15, 0.2) is 23.1 Å². The summed E-state index contributed by atoms with van der Waals surface area (Å²) in [4.78, 5) is 25.9. The van der Waals surface area contributed by atoms with Gasteiger partial charge in [0.1, 0.15) is 5.82 Å². The Hall–Kier alpha value is -2.00. The average Bonchev–Trinajstić information content (AvgIpc) is 3.38. The van der Waals surface area contributed by atoms with E-state index in [0.717, 1.165) is 37.5 Å². The quantitative estimate of drug-likeness (QED) is 0.810. The summed E-state index contributed by atoms with van der Waals surface area (Å²) in [6.07, 6.45) is 3.26. The first kappa shape index (κ1) is 17.8. The number of likely N-dealkylation sites (tertiary alicyclic amines) is 1. The van der Waals surface area contributed by atoms with Crippen LogP contribution in [0, 0.1) is 11.7 Å². The summed E-state index contributed by atoms with van der Waals surface area (Å²) in [5.74, 6) is -1.32. The zero-order chi connectivity index (χ0) is 18.2. The zero-order valence-corrected chi connectivity index (χ0v) is 14.4. The Kier molecular flexibility index (Phi) is 4.79. The van der Waals surface area contributed by atoms with Gasteiger partial charge in [0.05, 0.1) is 10.5 Å². The van der Waals surface area contributed by atoms with Crippen molar-refractivity contribution < 1.29 is 22.4 Å². The maximum atomic E-state index is 13.9. The van der Waals surface area contributed by atoms with Crippen LogP contribution >= 0.6 is 0 Å². The molecule has 2 aliphatic rings. The Labute approximate surface area is 145 Å². The van der Waals surface area contributed by atoms with E-state index in [1.165, 1.54) is 0 Å². The lowest BCUT2D eigenvalue weighted by atomic mass is 10.0. The number of primary sulfonamides is 1. The number of benzene rings is 1. The number of nitrogens with zero attached hydrogens (tertiary/aromatic N) is 1. The van der Waals surface area contributed by atoms with E-state index >= 15 is 0 Å². The number of amides is 2. The van der Waals surface area contributed by atoms with Gasteiger partial charge in [0.2, 0.25) is 15.9 Å². The van der Waals surface area contributed by atoms with Crippen LogP contribution in [0.2, 0.25) is 0 Å². The molecule has 1 aromatic rings. The van der Waals surface area contributed by atoms with Gasteiger partial charge in [-0.1, -0.05) is 0 Å². The number of piperidine rings is 1. The van der Waals surface area contributed by atoms with E-state index in [-0.39, 0.29) is 28.3 Å². The molecule has 1 aliphatic carbocycles. The first-order valence-electron chi connectivity index (χ1n) is 8.17. The predicted octanol–water partition coefficient (Wildman–Crippen LogP) is 0.604. The van der Waals surface area contributed by atoms with Crippen LogP contribution in [0.1, 0.15) is 36.0 Å². The fourth-order valence-electron chi connectivity index (χ4n) is 3.00. The minimum absolute atomic E-state index is 0.110. The van der Waals surface area contributed by atoms with E-state index in [9.17, 15) is 22.4 Å². The third-order valence-electron chi connectivity index (χ3n) is 4.51. The van der Waals surface area contributed by atoms with Gasteiger partial charge in [-0.15, -0.1) is 0 Å². The summed E-state index contributed by atoms with van der Waals surface area (Å²) in [7, 11) is -4.03. The maximum Gasteiger partial charge on any atom is 0.254 e. The van der Waals surface area contributed by atoms with Gasteiger partial charge in [0, 0.05) is 25.0 Å². The van der Waals surface area contributed by atoms with Gasteiger partial charge < -0.3 is 10.2 Å². The molecule has 0 bridgehead atoms. The molecule has 0 aromatic heterocycles. The smallest absolute Gasteiger partial charge is 0.254 e. The summed E-state index contributed by atoms with van der Waals surface area (Å²) in [5.41, 5.74) is -0.378. The van der Waals surface area contributed by atoms with Crippen LogP contribution < -0.4 is 10.5 Å². The molecule has 1 aromatic carbocycles. The molecule has 9 heteroatoms. The van der Waals surface area contributed by atoms with Crippen LogP contribution in [0.5, 0.6) is 0 Å². The SMILES string of the molecule is NS(=O)(=O)c1ccc(F)c(C(=O)N[C@H]2CCCN(C(=O)C3CC3)C2)c1. The third kappa shape index (κ3) is 4.16. The second kappa shape index (κ2) is 6.72. The number of nitrogens with one attached hydrogen (secondary N) is 1. The van der Waals surface area contributed by atoms with Crippen molar-refractivity contribution in [2.24, 2.45) is 11.1 Å². The molecule has 1 aliphatic heterocycles. The predicted molar refractivity (Wildman–Crippen MR) is 87.6 cm³/mol. The largest absolute Gasteiger partial charge is 0.347 e. The molecule has 1 heterocycles. The number of rotatable bonds is 4.